The summed E-state index contributed by atoms with van der Waals surface area (Å²) in [6.45, 7) is 3.81. The number of carbonyl (C=O) groups is 1. The van der Waals surface area contributed by atoms with Crippen LogP contribution in [-0.2, 0) is 11.0 Å². The van der Waals surface area contributed by atoms with Crippen LogP contribution in [0.5, 0.6) is 11.5 Å². The second kappa shape index (κ2) is 11.5. The highest BCUT2D eigenvalue weighted by Crippen LogP contribution is 2.47. The fourth-order valence-corrected chi connectivity index (χ4v) is 6.42. The van der Waals surface area contributed by atoms with Gasteiger partial charge in [-0.2, -0.15) is 13.2 Å². The van der Waals surface area contributed by atoms with Crippen molar-refractivity contribution in [2.24, 2.45) is 4.99 Å². The molecule has 12 heteroatoms. The number of methoxy groups -OCH3 is 2. The molecular weight excluding hydrogens is 557 g/mol. The number of thiophene rings is 1. The van der Waals surface area contributed by atoms with Crippen LogP contribution in [0.4, 0.5) is 30.2 Å². The first kappa shape index (κ1) is 28.6. The summed E-state index contributed by atoms with van der Waals surface area (Å²) < 4.78 is 52.6. The third-order valence-electron chi connectivity index (χ3n) is 7.42. The lowest BCUT2D eigenvalue weighted by Crippen LogP contribution is -2.58. The van der Waals surface area contributed by atoms with Crippen LogP contribution < -0.4 is 19.3 Å². The van der Waals surface area contributed by atoms with Gasteiger partial charge in [0.1, 0.15) is 11.5 Å². The zero-order valence-electron chi connectivity index (χ0n) is 22.9. The lowest BCUT2D eigenvalue weighted by Gasteiger charge is -2.47. The van der Waals surface area contributed by atoms with Crippen LogP contribution in [-0.4, -0.2) is 61.8 Å². The number of ether oxygens (including phenoxy) is 2. The summed E-state index contributed by atoms with van der Waals surface area (Å²) >= 11 is 1.41. The zero-order valence-corrected chi connectivity index (χ0v) is 23.7. The third-order valence-corrected chi connectivity index (χ3v) is 8.42. The van der Waals surface area contributed by atoms with Crippen molar-refractivity contribution in [2.45, 2.75) is 38.0 Å². The first-order chi connectivity index (χ1) is 19.6. The molecule has 0 amide bonds. The van der Waals surface area contributed by atoms with E-state index in [-0.39, 0.29) is 30.3 Å². The maximum atomic E-state index is 13.9. The van der Waals surface area contributed by atoms with Gasteiger partial charge in [-0.25, -0.2) is 4.99 Å². The lowest BCUT2D eigenvalue weighted by atomic mass is 10.0. The van der Waals surface area contributed by atoms with Crippen molar-refractivity contribution in [1.29, 1.82) is 0 Å². The lowest BCUT2D eigenvalue weighted by molar-refractivity contribution is -0.138. The van der Waals surface area contributed by atoms with Crippen LogP contribution in [0, 0.1) is 0 Å². The van der Waals surface area contributed by atoms with Crippen LogP contribution in [0.1, 0.15) is 36.2 Å². The molecule has 0 spiro atoms. The third kappa shape index (κ3) is 5.79. The molecule has 2 aromatic carbocycles. The SMILES string of the molecule is COc1cccc(N2CCN(C3=Nc4ccsc4[C@@H](CCC(=O)O)N3c3cc(C(F)(F)F)ccc3OC)C[C@H]2C)c1. The Morgan fingerprint density at radius 2 is 1.93 bits per heavy atom. The number of carboxylic acid groups (broad SMARTS) is 1. The molecular formula is C29H31F3N4O4S. The Morgan fingerprint density at radius 3 is 2.61 bits per heavy atom. The molecule has 0 unspecified atom stereocenters. The topological polar surface area (TPSA) is 77.8 Å². The Labute approximate surface area is 240 Å². The smallest absolute Gasteiger partial charge is 0.416 e. The van der Waals surface area contributed by atoms with E-state index in [1.165, 1.54) is 24.5 Å². The minimum Gasteiger partial charge on any atom is -0.497 e. The van der Waals surface area contributed by atoms with Crippen molar-refractivity contribution >= 4 is 40.3 Å². The molecule has 1 aromatic heterocycles. The van der Waals surface area contributed by atoms with Gasteiger partial charge in [0.25, 0.3) is 0 Å². The quantitative estimate of drug-likeness (QED) is 0.342. The van der Waals surface area contributed by atoms with Crippen molar-refractivity contribution in [2.75, 3.05) is 43.7 Å². The largest absolute Gasteiger partial charge is 0.497 e. The Balaban J connectivity index is 1.57. The Bertz CT molecular complexity index is 1440. The highest BCUT2D eigenvalue weighted by atomic mass is 32.1. The van der Waals surface area contributed by atoms with Crippen molar-refractivity contribution in [3.05, 3.63) is 64.4 Å². The Morgan fingerprint density at radius 1 is 1.12 bits per heavy atom. The molecule has 0 aliphatic carbocycles. The van der Waals surface area contributed by atoms with Crippen LogP contribution in [0.25, 0.3) is 0 Å². The van der Waals surface area contributed by atoms with E-state index in [9.17, 15) is 23.1 Å². The van der Waals surface area contributed by atoms with E-state index in [4.69, 9.17) is 14.5 Å². The molecule has 3 heterocycles. The van der Waals surface area contributed by atoms with Gasteiger partial charge in [0.2, 0.25) is 5.96 Å². The molecule has 1 N–H and O–H groups in total. The van der Waals surface area contributed by atoms with Gasteiger partial charge in [-0.3, -0.25) is 4.79 Å². The molecule has 8 nitrogen and oxygen atoms in total. The molecule has 218 valence electrons. The summed E-state index contributed by atoms with van der Waals surface area (Å²) in [7, 11) is 3.03. The number of piperazine rings is 1. The molecule has 2 atom stereocenters. The number of rotatable bonds is 7. The second-order valence-electron chi connectivity index (χ2n) is 9.97. The van der Waals surface area contributed by atoms with Crippen LogP contribution >= 0.6 is 11.3 Å². The maximum Gasteiger partial charge on any atom is 0.416 e. The fourth-order valence-electron chi connectivity index (χ4n) is 5.46. The second-order valence-corrected chi connectivity index (χ2v) is 10.9. The first-order valence-electron chi connectivity index (χ1n) is 13.2. The van der Waals surface area contributed by atoms with Gasteiger partial charge < -0.3 is 29.3 Å². The molecule has 0 bridgehead atoms. The monoisotopic (exact) mass is 588 g/mol. The van der Waals surface area contributed by atoms with E-state index >= 15 is 0 Å². The molecule has 0 saturated carbocycles. The number of benzene rings is 2. The molecule has 0 radical (unpaired) electrons. The summed E-state index contributed by atoms with van der Waals surface area (Å²) in [5.41, 5.74) is 1.08. The standard InChI is InChI=1S/C29H31F3N4O4S/c1-18-17-34(12-13-35(18)20-5-4-6-21(16-20)39-2)28-33-22-11-14-41-27(22)23(8-10-26(37)38)36(28)24-15-19(29(30,31)32)7-9-25(24)40-3/h4-7,9,11,14-16,18,23H,8,10,12-13,17H2,1-3H3,(H,37,38)/t18-,23-/m1/s1. The van der Waals surface area contributed by atoms with E-state index in [0.29, 0.717) is 31.3 Å². The average Bonchev–Trinajstić information content (AvgIpc) is 3.43. The summed E-state index contributed by atoms with van der Waals surface area (Å²) in [4.78, 5) is 23.5. The number of aliphatic imine (C=N–C) groups is 1. The highest BCUT2D eigenvalue weighted by Gasteiger charge is 2.40. The normalized spacial score (nSPS) is 19.1. The predicted molar refractivity (Wildman–Crippen MR) is 153 cm³/mol. The summed E-state index contributed by atoms with van der Waals surface area (Å²) in [6.07, 6.45) is -4.55. The van der Waals surface area contributed by atoms with Crippen LogP contribution in [0.15, 0.2) is 58.9 Å². The number of nitrogens with zero attached hydrogens (tertiary/aromatic N) is 4. The van der Waals surface area contributed by atoms with Crippen molar-refractivity contribution < 1.29 is 32.5 Å². The number of halogens is 3. The van der Waals surface area contributed by atoms with E-state index < -0.39 is 23.8 Å². The highest BCUT2D eigenvalue weighted by molar-refractivity contribution is 7.10. The predicted octanol–water partition coefficient (Wildman–Crippen LogP) is 6.41. The molecule has 3 aromatic rings. The van der Waals surface area contributed by atoms with Gasteiger partial charge in [-0.15, -0.1) is 11.3 Å². The van der Waals surface area contributed by atoms with Crippen molar-refractivity contribution in [3.63, 3.8) is 0 Å². The zero-order chi connectivity index (χ0) is 29.3. The van der Waals surface area contributed by atoms with Gasteiger partial charge in [-0.1, -0.05) is 6.07 Å². The number of hydrogen-bond acceptors (Lipinski definition) is 8. The molecule has 2 aliphatic heterocycles. The van der Waals surface area contributed by atoms with Gasteiger partial charge >= 0.3 is 12.1 Å². The molecule has 1 saturated heterocycles. The minimum atomic E-state index is -4.57. The van der Waals surface area contributed by atoms with Gasteiger partial charge in [-0.05, 0) is 55.1 Å². The van der Waals surface area contributed by atoms with Crippen LogP contribution in [0.2, 0.25) is 0 Å². The van der Waals surface area contributed by atoms with Crippen LogP contribution in [0.3, 0.4) is 0 Å². The first-order valence-corrected chi connectivity index (χ1v) is 14.1. The summed E-state index contributed by atoms with van der Waals surface area (Å²) in [6, 6.07) is 12.5. The van der Waals surface area contributed by atoms with Crippen molar-refractivity contribution in [1.82, 2.24) is 4.90 Å². The Kier molecular flexibility index (Phi) is 8.03. The van der Waals surface area contributed by atoms with Gasteiger partial charge in [0.15, 0.2) is 0 Å². The molecule has 1 fully saturated rings. The maximum absolute atomic E-state index is 13.9. The van der Waals surface area contributed by atoms with Crippen molar-refractivity contribution in [3.8, 4) is 11.5 Å². The van der Waals surface area contributed by atoms with E-state index in [1.807, 2.05) is 35.7 Å². The van der Waals surface area contributed by atoms with E-state index in [0.717, 1.165) is 28.4 Å². The Hall–Kier alpha value is -3.93. The summed E-state index contributed by atoms with van der Waals surface area (Å²) in [5.74, 6) is 0.488. The number of fused-ring (bicyclic) bond motifs is 1. The fraction of sp³-hybridized carbons (Fsp3) is 0.379. The number of anilines is 2. The number of carboxylic acids is 1. The van der Waals surface area contributed by atoms with Gasteiger partial charge in [0.05, 0.1) is 42.1 Å². The number of guanidine groups is 1. The van der Waals surface area contributed by atoms with E-state index in [1.54, 1.807) is 12.0 Å². The molecule has 41 heavy (non-hydrogen) atoms. The average molecular weight is 589 g/mol. The van der Waals surface area contributed by atoms with Gasteiger partial charge in [0, 0.05) is 43.9 Å². The van der Waals surface area contributed by atoms with E-state index in [2.05, 4.69) is 16.7 Å². The minimum absolute atomic E-state index is 0.0325. The number of alkyl halides is 3. The molecule has 5 rings (SSSR count). The molecule has 2 aliphatic rings. The summed E-state index contributed by atoms with van der Waals surface area (Å²) in [5, 5.41) is 11.4. The number of aliphatic carboxylic acids is 1. The number of hydrogen-bond donors (Lipinski definition) is 1.